The molecule has 0 bridgehead atoms. The van der Waals surface area contributed by atoms with Crippen molar-refractivity contribution < 1.29 is 18.7 Å². The normalized spacial score (nSPS) is 16.1. The minimum Gasteiger partial charge on any atom is -0.476 e. The van der Waals surface area contributed by atoms with E-state index in [1.54, 1.807) is 38.4 Å². The van der Waals surface area contributed by atoms with Gasteiger partial charge < -0.3 is 14.5 Å². The van der Waals surface area contributed by atoms with E-state index in [0.717, 1.165) is 0 Å². The fourth-order valence-electron chi connectivity index (χ4n) is 2.59. The first-order valence-electron chi connectivity index (χ1n) is 7.51. The number of fused-ring (bicyclic) bond motifs is 1. The Morgan fingerprint density at radius 1 is 1.12 bits per heavy atom. The predicted octanol–water partition coefficient (Wildman–Crippen LogP) is 2.32. The highest BCUT2D eigenvalue weighted by molar-refractivity contribution is 6.07. The number of carbonyl (C=O) groups excluding carboxylic acids is 2. The lowest BCUT2D eigenvalue weighted by atomic mass is 10.1. The molecule has 5 nitrogen and oxygen atoms in total. The zero-order valence-corrected chi connectivity index (χ0v) is 13.4. The summed E-state index contributed by atoms with van der Waals surface area (Å²) in [4.78, 5) is 28.0. The van der Waals surface area contributed by atoms with Gasteiger partial charge in [-0.1, -0.05) is 12.1 Å². The lowest BCUT2D eigenvalue weighted by molar-refractivity contribution is -0.135. The molecule has 6 heteroatoms. The number of ether oxygens (including phenoxy) is 1. The third-order valence-corrected chi connectivity index (χ3v) is 3.83. The molecular weight excluding hydrogens is 311 g/mol. The summed E-state index contributed by atoms with van der Waals surface area (Å²) in [5.41, 5.74) is 0.943. The molecule has 2 aromatic rings. The molecular formula is C18H17FN2O3. The molecule has 2 aromatic carbocycles. The Labute approximate surface area is 139 Å². The Morgan fingerprint density at radius 2 is 1.79 bits per heavy atom. The number of amides is 2. The quantitative estimate of drug-likeness (QED) is 0.850. The Balaban J connectivity index is 1.97. The summed E-state index contributed by atoms with van der Waals surface area (Å²) < 4.78 is 18.8. The summed E-state index contributed by atoms with van der Waals surface area (Å²) in [5.74, 6) is -0.460. The van der Waals surface area contributed by atoms with Crippen molar-refractivity contribution in [1.82, 2.24) is 4.90 Å². The van der Waals surface area contributed by atoms with Gasteiger partial charge in [0, 0.05) is 19.7 Å². The van der Waals surface area contributed by atoms with Gasteiger partial charge in [-0.3, -0.25) is 9.59 Å². The Hall–Kier alpha value is -2.89. The molecule has 3 rings (SSSR count). The number of hydrogen-bond donors (Lipinski definition) is 0. The lowest BCUT2D eigenvalue weighted by Gasteiger charge is -2.35. The molecule has 0 radical (unpaired) electrons. The van der Waals surface area contributed by atoms with Gasteiger partial charge in [0.05, 0.1) is 12.2 Å². The first kappa shape index (κ1) is 16.0. The van der Waals surface area contributed by atoms with Crippen LogP contribution in [0.15, 0.2) is 48.5 Å². The monoisotopic (exact) mass is 328 g/mol. The van der Waals surface area contributed by atoms with E-state index in [4.69, 9.17) is 4.74 Å². The van der Waals surface area contributed by atoms with Crippen molar-refractivity contribution in [1.29, 1.82) is 0 Å². The van der Waals surface area contributed by atoms with E-state index in [9.17, 15) is 14.0 Å². The highest BCUT2D eigenvalue weighted by Gasteiger charge is 2.34. The molecule has 24 heavy (non-hydrogen) atoms. The van der Waals surface area contributed by atoms with Crippen molar-refractivity contribution in [2.45, 2.75) is 6.10 Å². The number of benzene rings is 2. The smallest absolute Gasteiger partial charge is 0.265 e. The Bertz CT molecular complexity index is 774. The molecule has 0 saturated heterocycles. The molecule has 0 aliphatic carbocycles. The van der Waals surface area contributed by atoms with Crippen LogP contribution in [0.2, 0.25) is 0 Å². The SMILES string of the molecule is CN(C)C(=O)[C@H]1CN(C(=O)c2ccc(F)cc2)c2ccccc2O1. The highest BCUT2D eigenvalue weighted by Crippen LogP contribution is 2.34. The Kier molecular flexibility index (Phi) is 4.20. The maximum atomic E-state index is 13.1. The van der Waals surface area contributed by atoms with E-state index in [1.807, 2.05) is 0 Å². The van der Waals surface area contributed by atoms with E-state index < -0.39 is 11.9 Å². The van der Waals surface area contributed by atoms with Gasteiger partial charge in [0.15, 0.2) is 6.10 Å². The van der Waals surface area contributed by atoms with Crippen LogP contribution in [0.4, 0.5) is 10.1 Å². The van der Waals surface area contributed by atoms with E-state index in [1.165, 1.54) is 34.1 Å². The standard InChI is InChI=1S/C18H17FN2O3/c1-20(2)18(23)16-11-21(14-5-3-4-6-15(14)24-16)17(22)12-7-9-13(19)10-8-12/h3-10,16H,11H2,1-2H3/t16-/m1/s1. The average Bonchev–Trinajstić information content (AvgIpc) is 2.60. The fourth-order valence-corrected chi connectivity index (χ4v) is 2.59. The summed E-state index contributed by atoms with van der Waals surface area (Å²) in [7, 11) is 3.27. The molecule has 1 aliphatic heterocycles. The van der Waals surface area contributed by atoms with Gasteiger partial charge in [0.25, 0.3) is 11.8 Å². The third-order valence-electron chi connectivity index (χ3n) is 3.83. The number of anilines is 1. The van der Waals surface area contributed by atoms with Crippen molar-refractivity contribution >= 4 is 17.5 Å². The number of hydrogen-bond acceptors (Lipinski definition) is 3. The van der Waals surface area contributed by atoms with Crippen molar-refractivity contribution in [2.24, 2.45) is 0 Å². The van der Waals surface area contributed by atoms with Gasteiger partial charge in [-0.05, 0) is 36.4 Å². The summed E-state index contributed by atoms with van der Waals surface area (Å²) in [5, 5.41) is 0. The molecule has 1 aliphatic rings. The highest BCUT2D eigenvalue weighted by atomic mass is 19.1. The van der Waals surface area contributed by atoms with E-state index in [-0.39, 0.29) is 18.4 Å². The molecule has 1 heterocycles. The van der Waals surface area contributed by atoms with Gasteiger partial charge in [-0.2, -0.15) is 0 Å². The van der Waals surface area contributed by atoms with Crippen LogP contribution in [0.5, 0.6) is 5.75 Å². The van der Waals surface area contributed by atoms with Crippen molar-refractivity contribution in [2.75, 3.05) is 25.5 Å². The van der Waals surface area contributed by atoms with E-state index in [2.05, 4.69) is 0 Å². The number of para-hydroxylation sites is 2. The largest absolute Gasteiger partial charge is 0.476 e. The molecule has 0 spiro atoms. The van der Waals surface area contributed by atoms with Crippen LogP contribution in [0, 0.1) is 5.82 Å². The van der Waals surface area contributed by atoms with Crippen LogP contribution < -0.4 is 9.64 Å². The van der Waals surface area contributed by atoms with Gasteiger partial charge in [0.2, 0.25) is 0 Å². The first-order valence-corrected chi connectivity index (χ1v) is 7.51. The minimum absolute atomic E-state index is 0.101. The van der Waals surface area contributed by atoms with Crippen LogP contribution in [0.1, 0.15) is 10.4 Å². The van der Waals surface area contributed by atoms with Crippen LogP contribution in [-0.2, 0) is 4.79 Å². The third kappa shape index (κ3) is 2.95. The number of rotatable bonds is 2. The zero-order chi connectivity index (χ0) is 17.3. The minimum atomic E-state index is -0.778. The summed E-state index contributed by atoms with van der Waals surface area (Å²) >= 11 is 0. The molecule has 1 atom stereocenters. The maximum absolute atomic E-state index is 13.1. The topological polar surface area (TPSA) is 49.9 Å². The van der Waals surface area contributed by atoms with Crippen molar-refractivity contribution in [3.8, 4) is 5.75 Å². The van der Waals surface area contributed by atoms with Gasteiger partial charge in [-0.15, -0.1) is 0 Å². The van der Waals surface area contributed by atoms with Crippen LogP contribution >= 0.6 is 0 Å². The second kappa shape index (κ2) is 6.31. The van der Waals surface area contributed by atoms with E-state index >= 15 is 0 Å². The molecule has 124 valence electrons. The predicted molar refractivity (Wildman–Crippen MR) is 87.6 cm³/mol. The van der Waals surface area contributed by atoms with Gasteiger partial charge in [-0.25, -0.2) is 4.39 Å². The summed E-state index contributed by atoms with van der Waals surface area (Å²) in [6, 6.07) is 12.4. The summed E-state index contributed by atoms with van der Waals surface area (Å²) in [6.07, 6.45) is -0.778. The molecule has 0 saturated carbocycles. The zero-order valence-electron chi connectivity index (χ0n) is 13.4. The van der Waals surface area contributed by atoms with E-state index in [0.29, 0.717) is 17.0 Å². The number of halogens is 1. The number of likely N-dealkylation sites (N-methyl/N-ethyl adjacent to an activating group) is 1. The first-order chi connectivity index (χ1) is 11.5. The van der Waals surface area contributed by atoms with Gasteiger partial charge >= 0.3 is 0 Å². The molecule has 0 fully saturated rings. The van der Waals surface area contributed by atoms with Crippen molar-refractivity contribution in [3.05, 3.63) is 59.9 Å². The summed E-state index contributed by atoms with van der Waals surface area (Å²) in [6.45, 7) is 0.101. The molecule has 0 unspecified atom stereocenters. The Morgan fingerprint density at radius 3 is 2.46 bits per heavy atom. The van der Waals surface area contributed by atoms with Crippen molar-refractivity contribution in [3.63, 3.8) is 0 Å². The molecule has 2 amide bonds. The number of carbonyl (C=O) groups is 2. The van der Waals surface area contributed by atoms with Gasteiger partial charge in [0.1, 0.15) is 11.6 Å². The molecule has 0 aromatic heterocycles. The maximum Gasteiger partial charge on any atom is 0.265 e. The second-order valence-electron chi connectivity index (χ2n) is 5.73. The lowest BCUT2D eigenvalue weighted by Crippen LogP contribution is -2.50. The van der Waals surface area contributed by atoms with Crippen LogP contribution in [0.25, 0.3) is 0 Å². The fraction of sp³-hybridized carbons (Fsp3) is 0.222. The van der Waals surface area contributed by atoms with Crippen LogP contribution in [0.3, 0.4) is 0 Å². The van der Waals surface area contributed by atoms with Crippen LogP contribution in [-0.4, -0.2) is 43.5 Å². The number of nitrogens with zero attached hydrogens (tertiary/aromatic N) is 2. The average molecular weight is 328 g/mol. The second-order valence-corrected chi connectivity index (χ2v) is 5.73. The molecule has 0 N–H and O–H groups in total.